The molecule has 3 aliphatic heterocycles. The van der Waals surface area contributed by atoms with E-state index in [9.17, 15) is 28.4 Å². The molecule has 3 fully saturated rings. The Morgan fingerprint density at radius 1 is 0.843 bits per heavy atom. The summed E-state index contributed by atoms with van der Waals surface area (Å²) in [6.07, 6.45) is 6.00. The van der Waals surface area contributed by atoms with E-state index in [1.165, 1.54) is 30.0 Å². The summed E-state index contributed by atoms with van der Waals surface area (Å²) in [5.41, 5.74) is 9.90. The minimum Gasteiger partial charge on any atom is -0.483 e. The number of rotatable bonds is 10. The normalized spacial score (nSPS) is 17.5. The summed E-state index contributed by atoms with van der Waals surface area (Å²) in [6.45, 7) is 12.2. The molecular weight excluding hydrogens is 935 g/mol. The molecule has 3 aliphatic rings. The maximum absolute atomic E-state index is 13.9. The molecule has 0 bridgehead atoms. The van der Waals surface area contributed by atoms with Gasteiger partial charge in [-0.25, -0.2) is 34.0 Å². The molecule has 3 saturated heterocycles. The van der Waals surface area contributed by atoms with E-state index >= 15 is 0 Å². The fourth-order valence-corrected chi connectivity index (χ4v) is 7.40. The fraction of sp³-hybridized carbons (Fsp3) is 0.562. The molecule has 70 heavy (non-hydrogen) atoms. The van der Waals surface area contributed by atoms with Gasteiger partial charge in [0.1, 0.15) is 29.1 Å². The van der Waals surface area contributed by atoms with Crippen molar-refractivity contribution in [1.29, 1.82) is 0 Å². The summed E-state index contributed by atoms with van der Waals surface area (Å²) >= 11 is 0. The number of likely N-dealkylation sites (N-methyl/N-ethyl adjacent to an activating group) is 1. The molecule has 4 atom stereocenters. The van der Waals surface area contributed by atoms with Crippen molar-refractivity contribution in [3.05, 3.63) is 83.9 Å². The molecule has 0 saturated carbocycles. The number of hydrogen-bond donors (Lipinski definition) is 4. The number of aliphatic carboxylic acids is 1. The minimum atomic E-state index is -0.960. The molecule has 0 aliphatic carbocycles. The van der Waals surface area contributed by atoms with Gasteiger partial charge in [-0.1, -0.05) is 36.4 Å². The smallest absolute Gasteiger partial charge is 0.411 e. The van der Waals surface area contributed by atoms with E-state index in [2.05, 4.69) is 10.3 Å². The maximum Gasteiger partial charge on any atom is 0.411 e. The van der Waals surface area contributed by atoms with Crippen LogP contribution in [0.5, 0.6) is 0 Å². The highest BCUT2D eigenvalue weighted by atomic mass is 35.5. The molecule has 1 aromatic heterocycles. The van der Waals surface area contributed by atoms with E-state index in [-0.39, 0.29) is 49.0 Å². The van der Waals surface area contributed by atoms with Crippen LogP contribution in [-0.2, 0) is 44.7 Å². The molecule has 4 amide bonds. The van der Waals surface area contributed by atoms with Gasteiger partial charge in [0.25, 0.3) is 12.4 Å². The molecule has 392 valence electrons. The third-order valence-electron chi connectivity index (χ3n) is 10.5. The molecule has 2 aromatic carbocycles. The van der Waals surface area contributed by atoms with Crippen molar-refractivity contribution in [3.8, 4) is 5.69 Å². The van der Waals surface area contributed by atoms with Crippen molar-refractivity contribution in [2.45, 2.75) is 128 Å². The van der Waals surface area contributed by atoms with Crippen molar-refractivity contribution in [1.82, 2.24) is 35.0 Å². The summed E-state index contributed by atoms with van der Waals surface area (Å²) in [5.74, 6) is -1.45. The number of halogens is 2. The predicted molar refractivity (Wildman–Crippen MR) is 261 cm³/mol. The lowest BCUT2D eigenvalue weighted by Crippen LogP contribution is -2.47. The molecule has 6 rings (SSSR count). The van der Waals surface area contributed by atoms with E-state index in [0.717, 1.165) is 42.1 Å². The first kappa shape index (κ1) is 62.1. The number of carboxylic acid groups (broad SMARTS) is 2. The summed E-state index contributed by atoms with van der Waals surface area (Å²) < 4.78 is 26.1. The average Bonchev–Trinajstić information content (AvgIpc) is 4.14. The number of aromatic nitrogens is 2. The summed E-state index contributed by atoms with van der Waals surface area (Å²) in [5, 5.41) is 21.6. The lowest BCUT2D eigenvalue weighted by Gasteiger charge is -2.29. The van der Waals surface area contributed by atoms with Crippen molar-refractivity contribution >= 4 is 48.8 Å². The van der Waals surface area contributed by atoms with E-state index < -0.39 is 47.5 Å². The predicted octanol–water partition coefficient (Wildman–Crippen LogP) is 6.40. The summed E-state index contributed by atoms with van der Waals surface area (Å²) in [7, 11) is 6.23. The van der Waals surface area contributed by atoms with Crippen molar-refractivity contribution in [2.75, 3.05) is 47.9 Å². The molecule has 4 heterocycles. The van der Waals surface area contributed by atoms with E-state index in [1.54, 1.807) is 73.9 Å². The van der Waals surface area contributed by atoms with Crippen LogP contribution in [0.15, 0.2) is 66.9 Å². The highest BCUT2D eigenvalue weighted by Crippen LogP contribution is 2.32. The van der Waals surface area contributed by atoms with Gasteiger partial charge in [0.05, 0.1) is 31.6 Å². The molecule has 0 unspecified atom stereocenters. The SMILES string of the molecule is CC(C)(C)OC(=O)N1CCC[C@H]1C(=O)O.CNOC.CON(C)C(=O)[C@@H]1CCCN1C(=O)OC(C)(C)C.Cl.N[C@@H](CC(=O)N1CCC[C@H]1c1ccn(-c2ccccc2)n1)Cc1ccccc1F.O=CO. The number of para-hydroxylation sites is 1. The number of hydroxylamine groups is 3. The second-order valence-corrected chi connectivity index (χ2v) is 18.1. The molecule has 0 spiro atoms. The summed E-state index contributed by atoms with van der Waals surface area (Å²) in [4.78, 5) is 81.5. The first-order chi connectivity index (χ1) is 32.5. The molecule has 22 heteroatoms. The Kier molecular flexibility index (Phi) is 27.2. The van der Waals surface area contributed by atoms with Crippen molar-refractivity contribution < 1.29 is 62.5 Å². The number of nitrogens with zero attached hydrogens (tertiary/aromatic N) is 6. The van der Waals surface area contributed by atoms with Crippen LogP contribution < -0.4 is 11.2 Å². The van der Waals surface area contributed by atoms with Gasteiger partial charge in [-0.15, -0.1) is 12.4 Å². The highest BCUT2D eigenvalue weighted by Gasteiger charge is 2.39. The first-order valence-corrected chi connectivity index (χ1v) is 22.7. The zero-order valence-electron chi connectivity index (χ0n) is 42.0. The van der Waals surface area contributed by atoms with Crippen LogP contribution in [0, 0.1) is 5.82 Å². The third kappa shape index (κ3) is 21.0. The number of ether oxygens (including phenoxy) is 2. The Balaban J connectivity index is 0.000000516. The van der Waals surface area contributed by atoms with Gasteiger partial charge in [-0.3, -0.25) is 29.0 Å². The standard InChI is InChI=1S/C23H25FN4O.C12H22N2O4.C10H17NO4.C2H7NO.CH2O2.ClH/c24-20-10-5-4-7-17(20)15-18(25)16-23(29)27-13-6-11-22(27)21-12-14-28(26-21)19-8-2-1-3-9-19;1-12(2,3)18-11(16)14-8-6-7-9(14)10(15)13(4)17-5;1-10(2,3)15-9(14)11-6-4-5-7(11)8(12)13;1-3-4-2;2-1-3;/h1-5,7-10,12,14,18,22H,6,11,13,15-16,25H2;9H,6-8H2,1-5H3;7H,4-6H2,1-3H3,(H,12,13);3H,1-2H3;1H,(H,2,3);1H/t18-,22+;9-;7-;;;/m100.../s1. The number of carbonyl (C=O) groups excluding carboxylic acids is 4. The number of benzene rings is 2. The van der Waals surface area contributed by atoms with Crippen LogP contribution in [0.3, 0.4) is 0 Å². The Labute approximate surface area is 416 Å². The van der Waals surface area contributed by atoms with Crippen LogP contribution in [0.1, 0.15) is 104 Å². The largest absolute Gasteiger partial charge is 0.483 e. The fourth-order valence-electron chi connectivity index (χ4n) is 7.40. The number of amides is 4. The third-order valence-corrected chi connectivity index (χ3v) is 10.5. The van der Waals surface area contributed by atoms with Crippen molar-refractivity contribution in [3.63, 3.8) is 0 Å². The van der Waals surface area contributed by atoms with Gasteiger partial charge >= 0.3 is 18.2 Å². The van der Waals surface area contributed by atoms with Crippen molar-refractivity contribution in [2.24, 2.45) is 5.73 Å². The van der Waals surface area contributed by atoms with Crippen LogP contribution >= 0.6 is 12.4 Å². The zero-order chi connectivity index (χ0) is 51.9. The van der Waals surface area contributed by atoms with Gasteiger partial charge in [-0.05, 0) is 116 Å². The zero-order valence-corrected chi connectivity index (χ0v) is 42.9. The van der Waals surface area contributed by atoms with E-state index in [0.29, 0.717) is 44.5 Å². The first-order valence-electron chi connectivity index (χ1n) is 22.7. The number of carbonyl (C=O) groups is 6. The monoisotopic (exact) mass is 1010 g/mol. The summed E-state index contributed by atoms with van der Waals surface area (Å²) in [6, 6.07) is 16.8. The highest BCUT2D eigenvalue weighted by molar-refractivity contribution is 5.86. The van der Waals surface area contributed by atoms with Crippen LogP contribution in [0.4, 0.5) is 14.0 Å². The van der Waals surface area contributed by atoms with Gasteiger partial charge in [0.15, 0.2) is 0 Å². The van der Waals surface area contributed by atoms with Gasteiger partial charge < -0.3 is 35.2 Å². The average molecular weight is 1010 g/mol. The lowest BCUT2D eigenvalue weighted by molar-refractivity contribution is -0.173. The number of nitrogens with one attached hydrogen (secondary N) is 1. The van der Waals surface area contributed by atoms with Gasteiger partial charge in [-0.2, -0.15) is 5.10 Å². The second-order valence-electron chi connectivity index (χ2n) is 18.1. The van der Waals surface area contributed by atoms with Crippen LogP contribution in [0.2, 0.25) is 0 Å². The molecule has 3 aromatic rings. The lowest BCUT2D eigenvalue weighted by atomic mass is 10.0. The Morgan fingerprint density at radius 3 is 1.83 bits per heavy atom. The van der Waals surface area contributed by atoms with E-state index in [4.69, 9.17) is 40.2 Å². The minimum absolute atomic E-state index is 0. The topological polar surface area (TPSA) is 249 Å². The molecule has 5 N–H and O–H groups in total. The number of hydrogen-bond acceptors (Lipinski definition) is 13. The number of carboxylic acids is 1. The van der Waals surface area contributed by atoms with Gasteiger partial charge in [0.2, 0.25) is 5.91 Å². The number of nitrogens with two attached hydrogens (primary N) is 1. The second kappa shape index (κ2) is 30.7. The Morgan fingerprint density at radius 2 is 1.33 bits per heavy atom. The Hall–Kier alpha value is -5.87. The molecule has 20 nitrogen and oxygen atoms in total. The quantitative estimate of drug-likeness (QED) is 0.127. The van der Waals surface area contributed by atoms with Gasteiger partial charge in [0, 0.05) is 52.4 Å². The van der Waals surface area contributed by atoms with Crippen LogP contribution in [0.25, 0.3) is 5.69 Å². The maximum atomic E-state index is 13.9. The molecular formula is C48H74ClFN8O12. The molecule has 0 radical (unpaired) electrons. The van der Waals surface area contributed by atoms with E-state index in [1.807, 2.05) is 52.2 Å². The number of likely N-dealkylation sites (tertiary alicyclic amines) is 3. The Bertz CT molecular complexity index is 2070. The van der Waals surface area contributed by atoms with Crippen LogP contribution in [-0.4, -0.2) is 153 Å².